The molecule has 1 saturated heterocycles. The number of H-pyrrole nitrogens is 1. The van der Waals surface area contributed by atoms with Crippen LogP contribution in [0.4, 0.5) is 10.5 Å². The lowest BCUT2D eigenvalue weighted by molar-refractivity contribution is -0.127. The Hall–Kier alpha value is -3.81. The molecule has 1 atom stereocenters. The molecule has 3 aromatic rings. The Kier molecular flexibility index (Phi) is 5.88. The summed E-state index contributed by atoms with van der Waals surface area (Å²) in [6.07, 6.45) is 2.77. The standard InChI is InChI=1S/C23H24N4O4/c1-31-18-6-2-15(3-7-18)11-13-27-22(29)19(26-23(27)30)8-9-21(28)25-17-5-4-16-10-12-24-20(16)14-17/h2-7,10,12,14,19,24H,8-9,11,13H2,1H3,(H,25,28)(H,26,30). The predicted octanol–water partition coefficient (Wildman–Crippen LogP) is 3.06. The molecule has 2 aromatic carbocycles. The summed E-state index contributed by atoms with van der Waals surface area (Å²) in [7, 11) is 1.60. The molecule has 0 aliphatic carbocycles. The number of anilines is 1. The van der Waals surface area contributed by atoms with Gasteiger partial charge in [-0.25, -0.2) is 4.79 Å². The van der Waals surface area contributed by atoms with Crippen molar-refractivity contribution in [1.29, 1.82) is 0 Å². The zero-order valence-electron chi connectivity index (χ0n) is 17.2. The van der Waals surface area contributed by atoms with Crippen LogP contribution in [0, 0.1) is 0 Å². The van der Waals surface area contributed by atoms with Gasteiger partial charge in [0.1, 0.15) is 11.8 Å². The van der Waals surface area contributed by atoms with E-state index >= 15 is 0 Å². The minimum absolute atomic E-state index is 0.131. The van der Waals surface area contributed by atoms with Crippen molar-refractivity contribution in [2.45, 2.75) is 25.3 Å². The molecule has 0 saturated carbocycles. The zero-order chi connectivity index (χ0) is 21.8. The number of nitrogens with zero attached hydrogens (tertiary/aromatic N) is 1. The van der Waals surface area contributed by atoms with Crippen LogP contribution in [0.5, 0.6) is 5.75 Å². The van der Waals surface area contributed by atoms with E-state index in [0.717, 1.165) is 22.2 Å². The number of aromatic nitrogens is 1. The van der Waals surface area contributed by atoms with Gasteiger partial charge in [0, 0.05) is 30.4 Å². The van der Waals surface area contributed by atoms with Crippen molar-refractivity contribution < 1.29 is 19.1 Å². The first-order valence-electron chi connectivity index (χ1n) is 10.2. The van der Waals surface area contributed by atoms with Gasteiger partial charge in [0.05, 0.1) is 7.11 Å². The van der Waals surface area contributed by atoms with E-state index in [4.69, 9.17) is 4.74 Å². The van der Waals surface area contributed by atoms with E-state index < -0.39 is 12.1 Å². The number of hydrogen-bond acceptors (Lipinski definition) is 4. The maximum absolute atomic E-state index is 12.6. The van der Waals surface area contributed by atoms with Crippen LogP contribution in [0.2, 0.25) is 0 Å². The minimum atomic E-state index is -0.681. The highest BCUT2D eigenvalue weighted by Gasteiger charge is 2.37. The quantitative estimate of drug-likeness (QED) is 0.487. The summed E-state index contributed by atoms with van der Waals surface area (Å²) in [5, 5.41) is 6.58. The molecule has 1 aliphatic rings. The van der Waals surface area contributed by atoms with Crippen molar-refractivity contribution in [3.8, 4) is 5.75 Å². The van der Waals surface area contributed by atoms with Crippen LogP contribution in [0.25, 0.3) is 10.9 Å². The van der Waals surface area contributed by atoms with E-state index in [1.54, 1.807) is 7.11 Å². The second-order valence-corrected chi connectivity index (χ2v) is 7.46. The van der Waals surface area contributed by atoms with Crippen LogP contribution in [-0.2, 0) is 16.0 Å². The maximum atomic E-state index is 12.6. The lowest BCUT2D eigenvalue weighted by Crippen LogP contribution is -2.33. The number of rotatable bonds is 8. The molecule has 1 aliphatic heterocycles. The third-order valence-electron chi connectivity index (χ3n) is 5.39. The molecule has 8 heteroatoms. The predicted molar refractivity (Wildman–Crippen MR) is 117 cm³/mol. The first-order valence-corrected chi connectivity index (χ1v) is 10.2. The molecule has 1 aromatic heterocycles. The number of fused-ring (bicyclic) bond motifs is 1. The number of carbonyl (C=O) groups is 3. The van der Waals surface area contributed by atoms with E-state index in [2.05, 4.69) is 15.6 Å². The first kappa shape index (κ1) is 20.5. The van der Waals surface area contributed by atoms with Gasteiger partial charge in [0.2, 0.25) is 5.91 Å². The lowest BCUT2D eigenvalue weighted by Gasteiger charge is -2.13. The number of amides is 4. The van der Waals surface area contributed by atoms with E-state index in [9.17, 15) is 14.4 Å². The van der Waals surface area contributed by atoms with Crippen molar-refractivity contribution in [3.63, 3.8) is 0 Å². The van der Waals surface area contributed by atoms with Crippen molar-refractivity contribution in [1.82, 2.24) is 15.2 Å². The van der Waals surface area contributed by atoms with Gasteiger partial charge in [-0.3, -0.25) is 14.5 Å². The Balaban J connectivity index is 1.27. The fourth-order valence-corrected chi connectivity index (χ4v) is 3.64. The molecule has 0 bridgehead atoms. The Morgan fingerprint density at radius 3 is 2.71 bits per heavy atom. The van der Waals surface area contributed by atoms with Gasteiger partial charge in [-0.15, -0.1) is 0 Å². The Morgan fingerprint density at radius 1 is 1.13 bits per heavy atom. The number of hydrogen-bond donors (Lipinski definition) is 3. The van der Waals surface area contributed by atoms with E-state index in [-0.39, 0.29) is 31.2 Å². The first-order chi connectivity index (χ1) is 15.0. The second-order valence-electron chi connectivity index (χ2n) is 7.46. The number of imide groups is 1. The monoisotopic (exact) mass is 420 g/mol. The average Bonchev–Trinajstić information content (AvgIpc) is 3.35. The van der Waals surface area contributed by atoms with Gasteiger partial charge in [0.25, 0.3) is 5.91 Å². The van der Waals surface area contributed by atoms with Crippen molar-refractivity contribution in [2.75, 3.05) is 19.0 Å². The van der Waals surface area contributed by atoms with Crippen molar-refractivity contribution in [2.24, 2.45) is 0 Å². The molecule has 3 N–H and O–H groups in total. The zero-order valence-corrected chi connectivity index (χ0v) is 17.2. The highest BCUT2D eigenvalue weighted by Crippen LogP contribution is 2.19. The van der Waals surface area contributed by atoms with Crippen molar-refractivity contribution in [3.05, 3.63) is 60.3 Å². The number of ether oxygens (including phenoxy) is 1. The molecule has 4 rings (SSSR count). The highest BCUT2D eigenvalue weighted by atomic mass is 16.5. The third kappa shape index (κ3) is 4.69. The van der Waals surface area contributed by atoms with Crippen LogP contribution in [-0.4, -0.2) is 47.4 Å². The summed E-state index contributed by atoms with van der Waals surface area (Å²) < 4.78 is 5.13. The van der Waals surface area contributed by atoms with Crippen LogP contribution >= 0.6 is 0 Å². The molecule has 0 radical (unpaired) electrons. The van der Waals surface area contributed by atoms with E-state index in [1.807, 2.05) is 54.7 Å². The molecular weight excluding hydrogens is 396 g/mol. The largest absolute Gasteiger partial charge is 0.497 e. The highest BCUT2D eigenvalue weighted by molar-refractivity contribution is 6.04. The minimum Gasteiger partial charge on any atom is -0.497 e. The molecule has 160 valence electrons. The summed E-state index contributed by atoms with van der Waals surface area (Å²) in [5.74, 6) is 0.258. The molecule has 1 unspecified atom stereocenters. The number of carbonyl (C=O) groups excluding carboxylic acids is 3. The normalized spacial score (nSPS) is 15.9. The fraction of sp³-hybridized carbons (Fsp3) is 0.261. The topological polar surface area (TPSA) is 104 Å². The van der Waals surface area contributed by atoms with Crippen LogP contribution in [0.3, 0.4) is 0 Å². The smallest absolute Gasteiger partial charge is 0.324 e. The summed E-state index contributed by atoms with van der Waals surface area (Å²) in [6.45, 7) is 0.288. The number of nitrogens with one attached hydrogen (secondary N) is 3. The molecule has 8 nitrogen and oxygen atoms in total. The van der Waals surface area contributed by atoms with Gasteiger partial charge in [-0.2, -0.15) is 0 Å². The van der Waals surface area contributed by atoms with E-state index in [0.29, 0.717) is 12.1 Å². The number of benzene rings is 2. The average molecular weight is 420 g/mol. The van der Waals surface area contributed by atoms with Gasteiger partial charge in [0.15, 0.2) is 0 Å². The number of urea groups is 1. The Bertz CT molecular complexity index is 1110. The Morgan fingerprint density at radius 2 is 1.94 bits per heavy atom. The van der Waals surface area contributed by atoms with Crippen molar-refractivity contribution >= 4 is 34.4 Å². The summed E-state index contributed by atoms with van der Waals surface area (Å²) in [5.41, 5.74) is 2.62. The van der Waals surface area contributed by atoms with Crippen LogP contribution in [0.1, 0.15) is 18.4 Å². The van der Waals surface area contributed by atoms with Gasteiger partial charge in [-0.05, 0) is 54.1 Å². The fourth-order valence-electron chi connectivity index (χ4n) is 3.64. The number of aromatic amines is 1. The van der Waals surface area contributed by atoms with Gasteiger partial charge >= 0.3 is 6.03 Å². The molecule has 1 fully saturated rings. The summed E-state index contributed by atoms with van der Waals surface area (Å²) >= 11 is 0. The third-order valence-corrected chi connectivity index (χ3v) is 5.39. The Labute approximate surface area is 179 Å². The lowest BCUT2D eigenvalue weighted by atomic mass is 10.1. The summed E-state index contributed by atoms with van der Waals surface area (Å²) in [4.78, 5) is 41.5. The molecule has 0 spiro atoms. The van der Waals surface area contributed by atoms with Crippen LogP contribution < -0.4 is 15.4 Å². The molecular formula is C23H24N4O4. The molecule has 4 amide bonds. The van der Waals surface area contributed by atoms with Gasteiger partial charge < -0.3 is 20.4 Å². The van der Waals surface area contributed by atoms with E-state index in [1.165, 1.54) is 4.90 Å². The van der Waals surface area contributed by atoms with Gasteiger partial charge in [-0.1, -0.05) is 18.2 Å². The number of methoxy groups -OCH3 is 1. The molecule has 31 heavy (non-hydrogen) atoms. The molecule has 2 heterocycles. The maximum Gasteiger partial charge on any atom is 0.324 e. The summed E-state index contributed by atoms with van der Waals surface area (Å²) in [6, 6.07) is 14.0. The van der Waals surface area contributed by atoms with Crippen LogP contribution in [0.15, 0.2) is 54.7 Å². The SMILES string of the molecule is COc1ccc(CCN2C(=O)NC(CCC(=O)Nc3ccc4cc[nH]c4c3)C2=O)cc1. The second kappa shape index (κ2) is 8.91.